The Hall–Kier alpha value is -0.650. The van der Waals surface area contributed by atoms with E-state index in [9.17, 15) is 4.79 Å². The standard InChI is InChI=1S/C11H21NO4/c1-9(14-3)4-6-16-11(13)10-8-15-7-5-12(10)2/h9-10H,4-8H2,1-3H3/t9-,10-/m1/s1. The summed E-state index contributed by atoms with van der Waals surface area (Å²) in [6, 6.07) is -0.258. The quantitative estimate of drug-likeness (QED) is 0.636. The molecule has 1 aliphatic heterocycles. The fourth-order valence-corrected chi connectivity index (χ4v) is 1.47. The van der Waals surface area contributed by atoms with Gasteiger partial charge in [-0.25, -0.2) is 0 Å². The fraction of sp³-hybridized carbons (Fsp3) is 0.909. The average Bonchev–Trinajstić information content (AvgIpc) is 2.29. The lowest BCUT2D eigenvalue weighted by Gasteiger charge is -2.30. The van der Waals surface area contributed by atoms with Crippen molar-refractivity contribution >= 4 is 5.97 Å². The zero-order valence-electron chi connectivity index (χ0n) is 10.3. The van der Waals surface area contributed by atoms with Crippen LogP contribution < -0.4 is 0 Å². The zero-order valence-corrected chi connectivity index (χ0v) is 10.3. The van der Waals surface area contributed by atoms with Crippen LogP contribution in [0.1, 0.15) is 13.3 Å². The molecule has 0 saturated carbocycles. The molecule has 1 aliphatic rings. The van der Waals surface area contributed by atoms with Crippen molar-refractivity contribution in [3.05, 3.63) is 0 Å². The third kappa shape index (κ3) is 4.08. The Labute approximate surface area is 96.6 Å². The van der Waals surface area contributed by atoms with Gasteiger partial charge < -0.3 is 14.2 Å². The highest BCUT2D eigenvalue weighted by Crippen LogP contribution is 2.06. The van der Waals surface area contributed by atoms with Crippen molar-refractivity contribution in [1.82, 2.24) is 4.90 Å². The summed E-state index contributed by atoms with van der Waals surface area (Å²) < 4.78 is 15.5. The van der Waals surface area contributed by atoms with Crippen molar-refractivity contribution in [2.75, 3.05) is 40.5 Å². The molecule has 1 saturated heterocycles. The van der Waals surface area contributed by atoms with Crippen LogP contribution in [-0.4, -0.2) is 63.5 Å². The van der Waals surface area contributed by atoms with E-state index < -0.39 is 0 Å². The second kappa shape index (κ2) is 6.83. The molecule has 5 heteroatoms. The molecule has 0 N–H and O–H groups in total. The van der Waals surface area contributed by atoms with Crippen LogP contribution in [0.4, 0.5) is 0 Å². The molecular formula is C11H21NO4. The predicted molar refractivity (Wildman–Crippen MR) is 59.3 cm³/mol. The molecule has 0 amide bonds. The predicted octanol–water partition coefficient (Wildman–Crippen LogP) is 0.285. The molecule has 1 fully saturated rings. The number of methoxy groups -OCH3 is 1. The van der Waals surface area contributed by atoms with Gasteiger partial charge in [0, 0.05) is 20.1 Å². The third-order valence-electron chi connectivity index (χ3n) is 2.84. The van der Waals surface area contributed by atoms with Gasteiger partial charge in [-0.1, -0.05) is 0 Å². The van der Waals surface area contributed by atoms with E-state index in [1.165, 1.54) is 0 Å². The van der Waals surface area contributed by atoms with E-state index in [-0.39, 0.29) is 18.1 Å². The van der Waals surface area contributed by atoms with E-state index in [1.54, 1.807) is 7.11 Å². The van der Waals surface area contributed by atoms with Crippen molar-refractivity contribution in [2.45, 2.75) is 25.5 Å². The van der Waals surface area contributed by atoms with Crippen LogP contribution >= 0.6 is 0 Å². The lowest BCUT2D eigenvalue weighted by Crippen LogP contribution is -2.48. The molecule has 5 nitrogen and oxygen atoms in total. The van der Waals surface area contributed by atoms with Gasteiger partial charge in [-0.2, -0.15) is 0 Å². The number of rotatable bonds is 5. The molecule has 0 aliphatic carbocycles. The highest BCUT2D eigenvalue weighted by molar-refractivity contribution is 5.76. The van der Waals surface area contributed by atoms with E-state index in [2.05, 4.69) is 0 Å². The summed E-state index contributed by atoms with van der Waals surface area (Å²) in [7, 11) is 3.56. The number of carbonyl (C=O) groups excluding carboxylic acids is 1. The van der Waals surface area contributed by atoms with E-state index in [0.717, 1.165) is 13.0 Å². The first-order valence-electron chi connectivity index (χ1n) is 5.62. The minimum Gasteiger partial charge on any atom is -0.464 e. The minimum atomic E-state index is -0.258. The molecule has 0 aromatic carbocycles. The summed E-state index contributed by atoms with van der Waals surface area (Å²) in [5.74, 6) is -0.203. The molecule has 1 heterocycles. The lowest BCUT2D eigenvalue weighted by atomic mass is 10.2. The van der Waals surface area contributed by atoms with E-state index in [4.69, 9.17) is 14.2 Å². The highest BCUT2D eigenvalue weighted by Gasteiger charge is 2.27. The van der Waals surface area contributed by atoms with E-state index in [1.807, 2.05) is 18.9 Å². The van der Waals surface area contributed by atoms with Crippen molar-refractivity contribution < 1.29 is 19.0 Å². The molecule has 0 aromatic heterocycles. The topological polar surface area (TPSA) is 48.0 Å². The number of ether oxygens (including phenoxy) is 3. The molecule has 16 heavy (non-hydrogen) atoms. The maximum absolute atomic E-state index is 11.7. The van der Waals surface area contributed by atoms with Gasteiger partial charge in [0.1, 0.15) is 6.04 Å². The van der Waals surface area contributed by atoms with Crippen molar-refractivity contribution in [1.29, 1.82) is 0 Å². The largest absolute Gasteiger partial charge is 0.464 e. The summed E-state index contributed by atoms with van der Waals surface area (Å²) in [4.78, 5) is 13.7. The Balaban J connectivity index is 2.23. The molecular weight excluding hydrogens is 210 g/mol. The van der Waals surface area contributed by atoms with Crippen LogP contribution in [0, 0.1) is 0 Å². The maximum Gasteiger partial charge on any atom is 0.325 e. The first kappa shape index (κ1) is 13.4. The Morgan fingerprint density at radius 2 is 2.38 bits per heavy atom. The van der Waals surface area contributed by atoms with Crippen LogP contribution in [0.5, 0.6) is 0 Å². The van der Waals surface area contributed by atoms with Crippen molar-refractivity contribution in [3.8, 4) is 0 Å². The minimum absolute atomic E-state index is 0.119. The van der Waals surface area contributed by atoms with Gasteiger partial charge in [0.2, 0.25) is 0 Å². The van der Waals surface area contributed by atoms with E-state index >= 15 is 0 Å². The van der Waals surface area contributed by atoms with Gasteiger partial charge in [0.05, 0.1) is 25.9 Å². The van der Waals surface area contributed by atoms with E-state index in [0.29, 0.717) is 19.8 Å². The summed E-state index contributed by atoms with van der Waals surface area (Å²) in [6.45, 7) is 4.23. The summed E-state index contributed by atoms with van der Waals surface area (Å²) in [5, 5.41) is 0. The summed E-state index contributed by atoms with van der Waals surface area (Å²) in [6.07, 6.45) is 0.840. The fourth-order valence-electron chi connectivity index (χ4n) is 1.47. The van der Waals surface area contributed by atoms with Crippen LogP contribution in [0.15, 0.2) is 0 Å². The third-order valence-corrected chi connectivity index (χ3v) is 2.84. The van der Waals surface area contributed by atoms with Gasteiger partial charge in [-0.3, -0.25) is 9.69 Å². The molecule has 94 valence electrons. The Morgan fingerprint density at radius 1 is 1.62 bits per heavy atom. The van der Waals surface area contributed by atoms with Crippen LogP contribution in [0.3, 0.4) is 0 Å². The Bertz CT molecular complexity index is 222. The molecule has 0 aromatic rings. The second-order valence-corrected chi connectivity index (χ2v) is 4.07. The normalized spacial score (nSPS) is 24.1. The second-order valence-electron chi connectivity index (χ2n) is 4.07. The van der Waals surface area contributed by atoms with Crippen molar-refractivity contribution in [2.24, 2.45) is 0 Å². The van der Waals surface area contributed by atoms with Gasteiger partial charge in [0.25, 0.3) is 0 Å². The first-order valence-corrected chi connectivity index (χ1v) is 5.62. The number of likely N-dealkylation sites (N-methyl/N-ethyl adjacent to an activating group) is 1. The molecule has 1 rings (SSSR count). The van der Waals surface area contributed by atoms with Crippen LogP contribution in [0.25, 0.3) is 0 Å². The van der Waals surface area contributed by atoms with Crippen LogP contribution in [-0.2, 0) is 19.0 Å². The molecule has 0 radical (unpaired) electrons. The highest BCUT2D eigenvalue weighted by atomic mass is 16.5. The average molecular weight is 231 g/mol. The number of esters is 1. The molecule has 0 unspecified atom stereocenters. The van der Waals surface area contributed by atoms with Gasteiger partial charge >= 0.3 is 5.97 Å². The number of morpholine rings is 1. The smallest absolute Gasteiger partial charge is 0.325 e. The van der Waals surface area contributed by atoms with Crippen molar-refractivity contribution in [3.63, 3.8) is 0 Å². The summed E-state index contributed by atoms with van der Waals surface area (Å²) in [5.41, 5.74) is 0. The number of hydrogen-bond donors (Lipinski definition) is 0. The van der Waals surface area contributed by atoms with Crippen LogP contribution in [0.2, 0.25) is 0 Å². The Morgan fingerprint density at radius 3 is 3.00 bits per heavy atom. The monoisotopic (exact) mass is 231 g/mol. The first-order chi connectivity index (χ1) is 7.65. The van der Waals surface area contributed by atoms with Gasteiger partial charge in [-0.05, 0) is 14.0 Å². The van der Waals surface area contributed by atoms with Gasteiger partial charge in [0.15, 0.2) is 0 Å². The number of nitrogens with zero attached hydrogens (tertiary/aromatic N) is 1. The zero-order chi connectivity index (χ0) is 12.0. The Kier molecular flexibility index (Phi) is 5.73. The number of carbonyl (C=O) groups is 1. The maximum atomic E-state index is 11.7. The molecule has 0 bridgehead atoms. The molecule has 2 atom stereocenters. The SMILES string of the molecule is CO[C@H](C)CCOC(=O)[C@H]1COCCN1C. The number of hydrogen-bond acceptors (Lipinski definition) is 5. The van der Waals surface area contributed by atoms with Gasteiger partial charge in [-0.15, -0.1) is 0 Å². The lowest BCUT2D eigenvalue weighted by molar-refractivity contribution is -0.155. The molecule has 0 spiro atoms. The summed E-state index contributed by atoms with van der Waals surface area (Å²) >= 11 is 0.